The van der Waals surface area contributed by atoms with Gasteiger partial charge in [-0.25, -0.2) is 0 Å². The third-order valence-electron chi connectivity index (χ3n) is 6.86. The van der Waals surface area contributed by atoms with Gasteiger partial charge in [0.2, 0.25) is 0 Å². The Morgan fingerprint density at radius 3 is 2.00 bits per heavy atom. The van der Waals surface area contributed by atoms with Crippen LogP contribution in [0, 0.1) is 0 Å². The molecule has 0 aliphatic rings. The van der Waals surface area contributed by atoms with E-state index in [2.05, 4.69) is 83.0 Å². The summed E-state index contributed by atoms with van der Waals surface area (Å²) in [4.78, 5) is 0. The minimum atomic E-state index is -1.52. The molecule has 0 fully saturated rings. The first-order valence-electron chi connectivity index (χ1n) is 10.7. The molecule has 4 heterocycles. The van der Waals surface area contributed by atoms with Crippen LogP contribution in [-0.4, -0.2) is 66.5 Å². The van der Waals surface area contributed by atoms with Crippen LogP contribution < -0.4 is 8.52 Å². The fourth-order valence-corrected chi connectivity index (χ4v) is 36.3. The number of rotatable bonds is 5. The Kier molecular flexibility index (Phi) is 6.13. The first-order chi connectivity index (χ1) is 14.3. The van der Waals surface area contributed by atoms with Gasteiger partial charge in [-0.15, -0.1) is 0 Å². The van der Waals surface area contributed by atoms with Crippen LogP contribution in [0.5, 0.6) is 0 Å². The monoisotopic (exact) mass is 696 g/mol. The summed E-state index contributed by atoms with van der Waals surface area (Å²) >= 11 is 4.39. The van der Waals surface area contributed by atoms with E-state index in [9.17, 15) is 0 Å². The van der Waals surface area contributed by atoms with Crippen molar-refractivity contribution < 1.29 is 0 Å². The standard InChI is InChI=1S/C24H28SSe4Si/c1-12(2)30(13(3)4,14(5)6)24-23(26-7)22-21(29-24)20-19(28-22)17-18(27-20)15-10-8-9-11-16(15)25-17/h8-14H,1-7H3. The molecular formula is C24H28SSe4Si. The van der Waals surface area contributed by atoms with Gasteiger partial charge in [0.15, 0.2) is 0 Å². The van der Waals surface area contributed by atoms with E-state index in [0.717, 1.165) is 16.6 Å². The summed E-state index contributed by atoms with van der Waals surface area (Å²) in [6.45, 7) is 15.3. The molecule has 0 amide bonds. The maximum absolute atomic E-state index is 2.55. The average molecular weight is 692 g/mol. The summed E-state index contributed by atoms with van der Waals surface area (Å²) in [6, 6.07) is 9.14. The fourth-order valence-electron chi connectivity index (χ4n) is 5.77. The van der Waals surface area contributed by atoms with Crippen molar-refractivity contribution in [2.75, 3.05) is 0 Å². The normalized spacial score (nSPS) is 13.5. The molecule has 0 saturated carbocycles. The van der Waals surface area contributed by atoms with Crippen LogP contribution in [0.25, 0.3) is 36.1 Å². The molecule has 4 aromatic heterocycles. The summed E-state index contributed by atoms with van der Waals surface area (Å²) < 4.78 is 16.3. The van der Waals surface area contributed by atoms with Crippen LogP contribution in [0.15, 0.2) is 24.3 Å². The maximum atomic E-state index is 2.55. The van der Waals surface area contributed by atoms with Gasteiger partial charge in [0.05, 0.1) is 0 Å². The van der Waals surface area contributed by atoms with Crippen LogP contribution in [0.4, 0.5) is 0 Å². The number of hydrogen-bond donors (Lipinski definition) is 0. The van der Waals surface area contributed by atoms with Gasteiger partial charge in [-0.1, -0.05) is 0 Å². The van der Waals surface area contributed by atoms with E-state index in [0.29, 0.717) is 58.5 Å². The second-order valence-electron chi connectivity index (χ2n) is 9.14. The summed E-state index contributed by atoms with van der Waals surface area (Å²) in [5, 5.41) is 1.55. The van der Waals surface area contributed by atoms with Crippen LogP contribution in [0.1, 0.15) is 41.5 Å². The zero-order chi connectivity index (χ0) is 21.4. The Morgan fingerprint density at radius 2 is 1.37 bits per heavy atom. The van der Waals surface area contributed by atoms with Crippen molar-refractivity contribution in [2.45, 2.75) is 64.0 Å². The van der Waals surface area contributed by atoms with Crippen molar-refractivity contribution in [3.63, 3.8) is 0 Å². The molecule has 0 atom stereocenters. The van der Waals surface area contributed by atoms with Gasteiger partial charge < -0.3 is 0 Å². The van der Waals surface area contributed by atoms with Crippen LogP contribution >= 0.6 is 11.3 Å². The predicted octanol–water partition coefficient (Wildman–Crippen LogP) is 5.80. The molecule has 5 rings (SSSR count). The van der Waals surface area contributed by atoms with Crippen molar-refractivity contribution >= 4 is 122 Å². The number of thiophene rings is 1. The van der Waals surface area contributed by atoms with E-state index in [4.69, 9.17) is 0 Å². The van der Waals surface area contributed by atoms with E-state index < -0.39 is 8.07 Å². The molecule has 1 aromatic carbocycles. The van der Waals surface area contributed by atoms with Crippen molar-refractivity contribution in [2.24, 2.45) is 0 Å². The van der Waals surface area contributed by atoms with Crippen molar-refractivity contribution in [1.29, 1.82) is 0 Å². The Hall–Kier alpha value is 0.695. The SMILES string of the molecule is C[Se]c1c([Si](C(C)C)(C(C)C)C(C)C)[se]c2c1[se]c1c3sc4ccccc4c3[se]c21. The van der Waals surface area contributed by atoms with Crippen molar-refractivity contribution in [1.82, 2.24) is 0 Å². The number of hydrogen-bond acceptors (Lipinski definition) is 1. The third-order valence-corrected chi connectivity index (χ3v) is 30.9. The first kappa shape index (κ1) is 22.5. The van der Waals surface area contributed by atoms with Gasteiger partial charge in [0, 0.05) is 0 Å². The van der Waals surface area contributed by atoms with E-state index in [1.807, 2.05) is 21.3 Å². The molecule has 0 saturated heterocycles. The Balaban J connectivity index is 1.86. The molecular weight excluding hydrogens is 664 g/mol. The second-order valence-corrected chi connectivity index (χ2v) is 25.0. The quantitative estimate of drug-likeness (QED) is 0.205. The van der Waals surface area contributed by atoms with E-state index >= 15 is 0 Å². The molecule has 5 aromatic rings. The van der Waals surface area contributed by atoms with E-state index in [1.165, 1.54) is 4.70 Å². The van der Waals surface area contributed by atoms with Crippen LogP contribution in [0.3, 0.4) is 0 Å². The van der Waals surface area contributed by atoms with Crippen molar-refractivity contribution in [3.05, 3.63) is 24.3 Å². The summed E-state index contributed by atoms with van der Waals surface area (Å²) in [5.74, 6) is 2.50. The number of benzene rings is 1. The number of fused-ring (bicyclic) bond motifs is 7. The Labute approximate surface area is 208 Å². The Bertz CT molecular complexity index is 1360. The molecule has 6 heteroatoms. The topological polar surface area (TPSA) is 0 Å². The molecule has 0 spiro atoms. The van der Waals surface area contributed by atoms with Crippen LogP contribution in [0.2, 0.25) is 22.4 Å². The molecule has 0 aliphatic carbocycles. The molecule has 0 bridgehead atoms. The predicted molar refractivity (Wildman–Crippen MR) is 147 cm³/mol. The summed E-state index contributed by atoms with van der Waals surface area (Å²) in [6.07, 6.45) is 0. The molecule has 0 radical (unpaired) electrons. The average Bonchev–Trinajstić information content (AvgIpc) is 3.38. The zero-order valence-corrected chi connectivity index (χ0v) is 27.3. The summed E-state index contributed by atoms with van der Waals surface area (Å²) in [5.41, 5.74) is 2.52. The van der Waals surface area contributed by atoms with Gasteiger partial charge >= 0.3 is 211 Å². The second kappa shape index (κ2) is 8.17. The van der Waals surface area contributed by atoms with Gasteiger partial charge in [-0.05, 0) is 0 Å². The third kappa shape index (κ3) is 3.00. The molecule has 0 unspecified atom stereocenters. The molecule has 30 heavy (non-hydrogen) atoms. The van der Waals surface area contributed by atoms with Gasteiger partial charge in [0.25, 0.3) is 0 Å². The van der Waals surface area contributed by atoms with Gasteiger partial charge in [0.1, 0.15) is 0 Å². The summed E-state index contributed by atoms with van der Waals surface area (Å²) in [7, 11) is -1.52. The molecule has 158 valence electrons. The first-order valence-corrected chi connectivity index (χ1v) is 21.4. The fraction of sp³-hybridized carbons (Fsp3) is 0.417. The van der Waals surface area contributed by atoms with E-state index in [-0.39, 0.29) is 0 Å². The van der Waals surface area contributed by atoms with Crippen LogP contribution in [-0.2, 0) is 0 Å². The van der Waals surface area contributed by atoms with Gasteiger partial charge in [-0.3, -0.25) is 0 Å². The van der Waals surface area contributed by atoms with E-state index in [1.54, 1.807) is 18.6 Å². The van der Waals surface area contributed by atoms with Crippen molar-refractivity contribution in [3.8, 4) is 0 Å². The molecule has 0 N–H and O–H groups in total. The molecule has 0 nitrogen and oxygen atoms in total. The zero-order valence-electron chi connectivity index (χ0n) is 18.6. The molecule has 0 aliphatic heterocycles. The Morgan fingerprint density at radius 1 is 0.767 bits per heavy atom. The van der Waals surface area contributed by atoms with Gasteiger partial charge in [-0.2, -0.15) is 0 Å². The minimum absolute atomic E-state index is 0.532.